The van der Waals surface area contributed by atoms with Crippen molar-refractivity contribution in [2.75, 3.05) is 32.7 Å². The number of carbonyl (C=O) groups excluding carboxylic acids is 1. The van der Waals surface area contributed by atoms with Crippen molar-refractivity contribution in [2.45, 2.75) is 17.4 Å². The number of hydrogen-bond acceptors (Lipinski definition) is 4. The van der Waals surface area contributed by atoms with Gasteiger partial charge in [-0.15, -0.1) is 11.8 Å². The molecule has 1 unspecified atom stereocenters. The Morgan fingerprint density at radius 2 is 2.35 bits per heavy atom. The molecule has 0 radical (unpaired) electrons. The highest BCUT2D eigenvalue weighted by Gasteiger charge is 2.22. The molecular formula is C14H18ClNO3S. The van der Waals surface area contributed by atoms with E-state index in [0.29, 0.717) is 18.2 Å². The summed E-state index contributed by atoms with van der Waals surface area (Å²) >= 11 is 7.83. The third kappa shape index (κ3) is 4.38. The Bertz CT molecular complexity index is 470. The lowest BCUT2D eigenvalue weighted by Gasteiger charge is -2.26. The first-order valence-corrected chi connectivity index (χ1v) is 7.85. The second-order valence-electron chi connectivity index (χ2n) is 4.48. The first-order valence-electron chi connectivity index (χ1n) is 6.49. The monoisotopic (exact) mass is 315 g/mol. The SMILES string of the molecule is COCCOCC(=O)NC1CCSc2ccc(Cl)cc21. The summed E-state index contributed by atoms with van der Waals surface area (Å²) in [6, 6.07) is 5.84. The quantitative estimate of drug-likeness (QED) is 0.820. The molecule has 0 saturated heterocycles. The van der Waals surface area contributed by atoms with Crippen LogP contribution in [0.5, 0.6) is 0 Å². The largest absolute Gasteiger partial charge is 0.382 e. The Hall–Kier alpha value is -0.750. The van der Waals surface area contributed by atoms with Gasteiger partial charge < -0.3 is 14.8 Å². The molecule has 0 aromatic heterocycles. The number of halogens is 1. The van der Waals surface area contributed by atoms with Gasteiger partial charge in [0.25, 0.3) is 0 Å². The van der Waals surface area contributed by atoms with Crippen LogP contribution in [0.3, 0.4) is 0 Å². The summed E-state index contributed by atoms with van der Waals surface area (Å²) in [6.45, 7) is 0.974. The number of methoxy groups -OCH3 is 1. The van der Waals surface area contributed by atoms with Gasteiger partial charge in [0, 0.05) is 22.8 Å². The minimum atomic E-state index is -0.107. The second kappa shape index (κ2) is 7.88. The van der Waals surface area contributed by atoms with Crippen LogP contribution in [0.1, 0.15) is 18.0 Å². The molecule has 4 nitrogen and oxygen atoms in total. The van der Waals surface area contributed by atoms with Crippen molar-refractivity contribution >= 4 is 29.3 Å². The zero-order chi connectivity index (χ0) is 14.4. The summed E-state index contributed by atoms with van der Waals surface area (Å²) in [6.07, 6.45) is 0.905. The Morgan fingerprint density at radius 1 is 1.50 bits per heavy atom. The zero-order valence-electron chi connectivity index (χ0n) is 11.4. The molecule has 1 N–H and O–H groups in total. The number of nitrogens with one attached hydrogen (secondary N) is 1. The summed E-state index contributed by atoms with van der Waals surface area (Å²) in [5, 5.41) is 3.70. The van der Waals surface area contributed by atoms with Crippen molar-refractivity contribution in [2.24, 2.45) is 0 Å². The number of ether oxygens (including phenoxy) is 2. The summed E-state index contributed by atoms with van der Waals surface area (Å²) in [5.41, 5.74) is 1.10. The van der Waals surface area contributed by atoms with Crippen LogP contribution in [0.4, 0.5) is 0 Å². The van der Waals surface area contributed by atoms with Crippen molar-refractivity contribution in [3.8, 4) is 0 Å². The maximum atomic E-state index is 11.9. The van der Waals surface area contributed by atoms with E-state index in [4.69, 9.17) is 21.1 Å². The summed E-state index contributed by atoms with van der Waals surface area (Å²) < 4.78 is 10.1. The van der Waals surface area contributed by atoms with E-state index in [-0.39, 0.29) is 18.6 Å². The number of benzene rings is 1. The van der Waals surface area contributed by atoms with Crippen molar-refractivity contribution < 1.29 is 14.3 Å². The summed E-state index contributed by atoms with van der Waals surface area (Å²) in [7, 11) is 1.60. The van der Waals surface area contributed by atoms with Gasteiger partial charge in [-0.2, -0.15) is 0 Å². The Balaban J connectivity index is 1.91. The van der Waals surface area contributed by atoms with E-state index in [2.05, 4.69) is 5.32 Å². The van der Waals surface area contributed by atoms with Crippen LogP contribution in [0.15, 0.2) is 23.1 Å². The van der Waals surface area contributed by atoms with Crippen molar-refractivity contribution in [3.63, 3.8) is 0 Å². The molecule has 1 heterocycles. The minimum absolute atomic E-state index is 0.0171. The topological polar surface area (TPSA) is 47.6 Å². The molecule has 6 heteroatoms. The number of carbonyl (C=O) groups is 1. The molecular weight excluding hydrogens is 298 g/mol. The molecule has 1 atom stereocenters. The van der Waals surface area contributed by atoms with Gasteiger partial charge in [0.15, 0.2) is 0 Å². The molecule has 1 aromatic carbocycles. The fourth-order valence-electron chi connectivity index (χ4n) is 2.06. The first-order chi connectivity index (χ1) is 9.70. The van der Waals surface area contributed by atoms with Gasteiger partial charge in [0.1, 0.15) is 6.61 Å². The van der Waals surface area contributed by atoms with Crippen LogP contribution in [-0.2, 0) is 14.3 Å². The van der Waals surface area contributed by atoms with Crippen molar-refractivity contribution in [1.29, 1.82) is 0 Å². The third-order valence-corrected chi connectivity index (χ3v) is 4.37. The normalized spacial score (nSPS) is 17.6. The van der Waals surface area contributed by atoms with Gasteiger partial charge in [0.2, 0.25) is 5.91 Å². The molecule has 20 heavy (non-hydrogen) atoms. The van der Waals surface area contributed by atoms with Gasteiger partial charge >= 0.3 is 0 Å². The predicted octanol–water partition coefficient (Wildman–Crippen LogP) is 2.66. The van der Waals surface area contributed by atoms with E-state index < -0.39 is 0 Å². The lowest BCUT2D eigenvalue weighted by atomic mass is 10.0. The number of hydrogen-bond donors (Lipinski definition) is 1. The maximum absolute atomic E-state index is 11.9. The highest BCUT2D eigenvalue weighted by Crippen LogP contribution is 2.37. The summed E-state index contributed by atoms with van der Waals surface area (Å²) in [5.74, 6) is 0.883. The lowest BCUT2D eigenvalue weighted by molar-refractivity contribution is -0.126. The van der Waals surface area contributed by atoms with Gasteiger partial charge in [-0.05, 0) is 30.2 Å². The highest BCUT2D eigenvalue weighted by molar-refractivity contribution is 7.99. The summed E-state index contributed by atoms with van der Waals surface area (Å²) in [4.78, 5) is 13.0. The third-order valence-electron chi connectivity index (χ3n) is 3.01. The van der Waals surface area contributed by atoms with Crippen LogP contribution in [-0.4, -0.2) is 38.6 Å². The second-order valence-corrected chi connectivity index (χ2v) is 6.06. The van der Waals surface area contributed by atoms with Crippen LogP contribution < -0.4 is 5.32 Å². The molecule has 2 rings (SSSR count). The molecule has 0 aliphatic carbocycles. The van der Waals surface area contributed by atoms with E-state index in [1.54, 1.807) is 18.9 Å². The molecule has 0 fully saturated rings. The van der Waals surface area contributed by atoms with Gasteiger partial charge in [0.05, 0.1) is 19.3 Å². The smallest absolute Gasteiger partial charge is 0.246 e. The average Bonchev–Trinajstić information content (AvgIpc) is 2.44. The number of rotatable bonds is 6. The Morgan fingerprint density at radius 3 is 3.15 bits per heavy atom. The lowest BCUT2D eigenvalue weighted by Crippen LogP contribution is -2.33. The van der Waals surface area contributed by atoms with E-state index in [1.165, 1.54) is 4.90 Å². The van der Waals surface area contributed by atoms with Crippen molar-refractivity contribution in [3.05, 3.63) is 28.8 Å². The first kappa shape index (κ1) is 15.6. The fourth-order valence-corrected chi connectivity index (χ4v) is 3.34. The van der Waals surface area contributed by atoms with E-state index in [1.807, 2.05) is 18.2 Å². The average molecular weight is 316 g/mol. The molecule has 1 aromatic rings. The van der Waals surface area contributed by atoms with E-state index in [0.717, 1.165) is 17.7 Å². The van der Waals surface area contributed by atoms with Crippen LogP contribution in [0, 0.1) is 0 Å². The predicted molar refractivity (Wildman–Crippen MR) is 80.4 cm³/mol. The maximum Gasteiger partial charge on any atom is 0.246 e. The zero-order valence-corrected chi connectivity index (χ0v) is 12.9. The van der Waals surface area contributed by atoms with Crippen LogP contribution in [0.2, 0.25) is 5.02 Å². The molecule has 1 amide bonds. The molecule has 1 aliphatic heterocycles. The van der Waals surface area contributed by atoms with Crippen molar-refractivity contribution in [1.82, 2.24) is 5.32 Å². The molecule has 0 saturated carbocycles. The highest BCUT2D eigenvalue weighted by atomic mass is 35.5. The number of thioether (sulfide) groups is 1. The molecule has 110 valence electrons. The van der Waals surface area contributed by atoms with Crippen LogP contribution in [0.25, 0.3) is 0 Å². The molecule has 0 bridgehead atoms. The molecule has 1 aliphatic rings. The van der Waals surface area contributed by atoms with E-state index >= 15 is 0 Å². The fraction of sp³-hybridized carbons (Fsp3) is 0.500. The van der Waals surface area contributed by atoms with E-state index in [9.17, 15) is 4.79 Å². The standard InChI is InChI=1S/C14H18ClNO3S/c1-18-5-6-19-9-14(17)16-12-4-7-20-13-3-2-10(15)8-11(12)13/h2-3,8,12H,4-7,9H2,1H3,(H,16,17). The van der Waals surface area contributed by atoms with Crippen LogP contribution >= 0.6 is 23.4 Å². The Kier molecular flexibility index (Phi) is 6.16. The Labute approximate surface area is 128 Å². The minimum Gasteiger partial charge on any atom is -0.382 e. The number of amides is 1. The molecule has 0 spiro atoms. The van der Waals surface area contributed by atoms with Gasteiger partial charge in [-0.25, -0.2) is 0 Å². The van der Waals surface area contributed by atoms with Gasteiger partial charge in [-0.3, -0.25) is 4.79 Å². The number of fused-ring (bicyclic) bond motifs is 1. The van der Waals surface area contributed by atoms with Gasteiger partial charge in [-0.1, -0.05) is 11.6 Å².